The molecular weight excluding hydrogens is 1390 g/mol. The van der Waals surface area contributed by atoms with E-state index in [-0.39, 0.29) is 0 Å². The lowest BCUT2D eigenvalue weighted by molar-refractivity contribution is 0.668. The van der Waals surface area contributed by atoms with E-state index in [0.717, 1.165) is 128 Å². The van der Waals surface area contributed by atoms with Crippen molar-refractivity contribution in [2.45, 2.75) is 0 Å². The summed E-state index contributed by atoms with van der Waals surface area (Å²) in [6, 6.07) is 135. The van der Waals surface area contributed by atoms with Crippen molar-refractivity contribution in [2.75, 3.05) is 0 Å². The average molecular weight is 1460 g/mol. The molecule has 0 aliphatic carbocycles. The first-order valence-corrected chi connectivity index (χ1v) is 38.4. The smallest absolute Gasteiger partial charge is 0.153 e. The maximum atomic E-state index is 6.38. The summed E-state index contributed by atoms with van der Waals surface area (Å²) < 4.78 is 25.8. The monoisotopic (exact) mass is 1460 g/mol. The second-order valence-electron chi connectivity index (χ2n) is 28.8. The zero-order valence-electron chi connectivity index (χ0n) is 61.5. The highest BCUT2D eigenvalue weighted by Crippen LogP contribution is 2.46. The molecule has 9 heteroatoms. The van der Waals surface area contributed by atoms with Gasteiger partial charge < -0.3 is 27.0 Å². The van der Waals surface area contributed by atoms with Crippen molar-refractivity contribution in [3.8, 4) is 83.8 Å². The van der Waals surface area contributed by atoms with Crippen LogP contribution in [-0.2, 0) is 0 Å². The zero-order chi connectivity index (χ0) is 75.2. The van der Waals surface area contributed by atoms with E-state index in [1.165, 1.54) is 87.7 Å². The van der Waals surface area contributed by atoms with Crippen molar-refractivity contribution in [2.24, 2.45) is 0 Å². The Morgan fingerprint density at radius 3 is 1.01 bits per heavy atom. The van der Waals surface area contributed by atoms with Gasteiger partial charge in [0.15, 0.2) is 16.7 Å². The Bertz CT molecular complexity index is 7740. The van der Waals surface area contributed by atoms with Gasteiger partial charge in [0.2, 0.25) is 0 Å². The van der Waals surface area contributed by atoms with Crippen LogP contribution >= 0.6 is 0 Å². The SMILES string of the molecule is c1cc(-c2ccccc2-c2cccc3c2oc2cccnc23)cc(-n2c3ccccc3c3ccccc32)c1.c1ccc(-c2ccc3oc4cccnc4c3c2)c(-c2ccc(-n3c4ccccc4c4ccccc43)cc2)c1.c1ccc(-c2cccc3c2oc2cccnc23)c(-c2ccccc2-n2c3ccccc3c3ccccc32)c1. The summed E-state index contributed by atoms with van der Waals surface area (Å²) in [7, 11) is 0. The van der Waals surface area contributed by atoms with Gasteiger partial charge >= 0.3 is 0 Å². The number of nitrogens with zero attached hydrogens (tertiary/aromatic N) is 6. The van der Waals surface area contributed by atoms with Crippen molar-refractivity contribution in [1.29, 1.82) is 0 Å². The number of para-hydroxylation sites is 9. The van der Waals surface area contributed by atoms with Crippen LogP contribution in [0.3, 0.4) is 0 Å². The summed E-state index contributed by atoms with van der Waals surface area (Å²) in [4.78, 5) is 13.7. The molecule has 0 fully saturated rings. The lowest BCUT2D eigenvalue weighted by Crippen LogP contribution is -1.98. The Morgan fingerprint density at radius 1 is 0.184 bits per heavy atom. The summed E-state index contributed by atoms with van der Waals surface area (Å²) in [5.41, 5.74) is 32.1. The molecule has 9 nitrogen and oxygen atoms in total. The van der Waals surface area contributed by atoms with Crippen molar-refractivity contribution >= 4 is 132 Å². The van der Waals surface area contributed by atoms with Crippen LogP contribution < -0.4 is 0 Å². The molecule has 0 amide bonds. The van der Waals surface area contributed by atoms with Crippen LogP contribution in [0.5, 0.6) is 0 Å². The second kappa shape index (κ2) is 27.3. The predicted octanol–water partition coefficient (Wildman–Crippen LogP) is 28.2. The van der Waals surface area contributed by atoms with Crippen LogP contribution in [0.15, 0.2) is 414 Å². The summed E-state index contributed by atoms with van der Waals surface area (Å²) in [6.07, 6.45) is 5.45. The standard InChI is InChI=1S/3C35H22N2O/c1-2-12-24(28-16-9-17-29-34-33(38-35(28)29)21-10-22-36-34)23(11-1)25-13-3-6-18-30(25)37-31-19-7-4-14-26(31)27-15-5-8-20-32(27)37;1-2-13-26(29-16-8-17-30-34-33(38-35(29)30)20-9-21-36-34)25(12-1)23-10-7-11-24(22-23)37-31-18-5-3-14-27(31)28-15-4-6-19-32(28)37;1-2-9-27(24-17-20-33-30(22-24)35-34(38-33)14-7-21-36-35)26(8-1)23-15-18-25(19-16-23)37-31-12-5-3-10-28(31)29-11-4-6-13-32(29)37/h3*1-22H. The molecule has 24 rings (SSSR count). The van der Waals surface area contributed by atoms with Crippen LogP contribution in [0.4, 0.5) is 0 Å². The van der Waals surface area contributed by atoms with E-state index < -0.39 is 0 Å². The largest absolute Gasteiger partial charge is 0.454 e. The van der Waals surface area contributed by atoms with E-state index in [0.29, 0.717) is 0 Å². The molecule has 534 valence electrons. The molecule has 0 atom stereocenters. The predicted molar refractivity (Wildman–Crippen MR) is 470 cm³/mol. The maximum Gasteiger partial charge on any atom is 0.153 e. The van der Waals surface area contributed by atoms with Gasteiger partial charge in [0, 0.05) is 95.1 Å². The molecule has 0 radical (unpaired) electrons. The molecule has 0 aliphatic heterocycles. The number of hydrogen-bond donors (Lipinski definition) is 0. The highest BCUT2D eigenvalue weighted by molar-refractivity contribution is 6.15. The second-order valence-corrected chi connectivity index (χ2v) is 28.8. The molecular formula is C105H66N6O3. The fourth-order valence-corrected chi connectivity index (χ4v) is 17.4. The van der Waals surface area contributed by atoms with E-state index in [9.17, 15) is 0 Å². The Kier molecular flexibility index (Phi) is 15.7. The third-order valence-electron chi connectivity index (χ3n) is 22.4. The average Bonchev–Trinajstić information content (AvgIpc) is 1.57. The number of hydrogen-bond acceptors (Lipinski definition) is 6. The highest BCUT2D eigenvalue weighted by atomic mass is 16.3. The van der Waals surface area contributed by atoms with Crippen molar-refractivity contribution < 1.29 is 13.3 Å². The van der Waals surface area contributed by atoms with Crippen LogP contribution in [0.1, 0.15) is 0 Å². The Balaban J connectivity index is 0.000000104. The number of aromatic nitrogens is 6. The van der Waals surface area contributed by atoms with Gasteiger partial charge in [-0.25, -0.2) is 0 Å². The first kappa shape index (κ1) is 65.6. The van der Waals surface area contributed by atoms with Gasteiger partial charge in [0.1, 0.15) is 33.3 Å². The summed E-state index contributed by atoms with van der Waals surface area (Å²) in [5.74, 6) is 0. The molecule has 0 N–H and O–H groups in total. The fraction of sp³-hybridized carbons (Fsp3) is 0. The van der Waals surface area contributed by atoms with E-state index in [4.69, 9.17) is 13.3 Å². The molecule has 9 aromatic heterocycles. The van der Waals surface area contributed by atoms with Gasteiger partial charge in [-0.05, 0) is 177 Å². The van der Waals surface area contributed by atoms with Crippen molar-refractivity contribution in [3.63, 3.8) is 0 Å². The Morgan fingerprint density at radius 2 is 0.518 bits per heavy atom. The third kappa shape index (κ3) is 10.9. The number of benzene rings is 15. The molecule has 24 aromatic rings. The van der Waals surface area contributed by atoms with Crippen LogP contribution in [0.2, 0.25) is 0 Å². The van der Waals surface area contributed by atoms with Gasteiger partial charge in [-0.2, -0.15) is 0 Å². The lowest BCUT2D eigenvalue weighted by atomic mass is 9.92. The van der Waals surface area contributed by atoms with Gasteiger partial charge in [-0.1, -0.05) is 255 Å². The summed E-state index contributed by atoms with van der Waals surface area (Å²) in [5, 5.41) is 10.7. The van der Waals surface area contributed by atoms with Gasteiger partial charge in [-0.15, -0.1) is 0 Å². The number of furan rings is 3. The number of rotatable bonds is 9. The fourth-order valence-electron chi connectivity index (χ4n) is 17.4. The van der Waals surface area contributed by atoms with Crippen molar-refractivity contribution in [3.05, 3.63) is 401 Å². The Hall–Kier alpha value is -15.5. The minimum absolute atomic E-state index is 0.804. The van der Waals surface area contributed by atoms with Gasteiger partial charge in [-0.3, -0.25) is 15.0 Å². The molecule has 0 saturated carbocycles. The molecule has 9 heterocycles. The molecule has 0 aliphatic rings. The maximum absolute atomic E-state index is 6.38. The summed E-state index contributed by atoms with van der Waals surface area (Å²) >= 11 is 0. The molecule has 0 saturated heterocycles. The number of pyridine rings is 3. The molecule has 15 aromatic carbocycles. The minimum atomic E-state index is 0.804. The topological polar surface area (TPSA) is 92.9 Å². The lowest BCUT2D eigenvalue weighted by Gasteiger charge is -2.17. The first-order chi connectivity index (χ1) is 56.6. The third-order valence-corrected chi connectivity index (χ3v) is 22.4. The first-order valence-electron chi connectivity index (χ1n) is 38.4. The molecule has 0 bridgehead atoms. The number of fused-ring (bicyclic) bond motifs is 18. The molecule has 0 spiro atoms. The zero-order valence-corrected chi connectivity index (χ0v) is 61.5. The highest BCUT2D eigenvalue weighted by Gasteiger charge is 2.23. The molecule has 114 heavy (non-hydrogen) atoms. The van der Waals surface area contributed by atoms with E-state index in [2.05, 4.69) is 374 Å². The Labute approximate surface area is 654 Å². The quantitative estimate of drug-likeness (QED) is 0.143. The van der Waals surface area contributed by atoms with Crippen molar-refractivity contribution in [1.82, 2.24) is 28.7 Å². The molecule has 0 unspecified atom stereocenters. The summed E-state index contributed by atoms with van der Waals surface area (Å²) in [6.45, 7) is 0. The van der Waals surface area contributed by atoms with Crippen LogP contribution in [0, 0.1) is 0 Å². The van der Waals surface area contributed by atoms with Crippen LogP contribution in [0.25, 0.3) is 215 Å². The normalized spacial score (nSPS) is 11.7. The minimum Gasteiger partial charge on any atom is -0.454 e. The van der Waals surface area contributed by atoms with Crippen LogP contribution in [-0.4, -0.2) is 28.7 Å². The van der Waals surface area contributed by atoms with E-state index in [1.54, 1.807) is 0 Å². The van der Waals surface area contributed by atoms with Gasteiger partial charge in [0.05, 0.1) is 38.8 Å². The van der Waals surface area contributed by atoms with Gasteiger partial charge in [0.25, 0.3) is 0 Å². The van der Waals surface area contributed by atoms with E-state index in [1.807, 2.05) is 55.0 Å². The van der Waals surface area contributed by atoms with E-state index >= 15 is 0 Å².